The smallest absolute Gasteiger partial charge is 0.221 e. The van der Waals surface area contributed by atoms with Gasteiger partial charge in [0, 0.05) is 18.3 Å². The highest BCUT2D eigenvalue weighted by atomic mass is 15.1. The molecule has 0 aromatic carbocycles. The number of hydrogen-bond donors (Lipinski definition) is 2. The van der Waals surface area contributed by atoms with Gasteiger partial charge in [-0.05, 0) is 33.0 Å². The molecule has 0 unspecified atom stereocenters. The van der Waals surface area contributed by atoms with Crippen molar-refractivity contribution in [3.05, 3.63) is 11.8 Å². The van der Waals surface area contributed by atoms with Crippen LogP contribution in [0.25, 0.3) is 0 Å². The number of aromatic nitrogens is 2. The van der Waals surface area contributed by atoms with Gasteiger partial charge < -0.3 is 16.0 Å². The second-order valence-corrected chi connectivity index (χ2v) is 4.07. The Morgan fingerprint density at radius 1 is 1.35 bits per heavy atom. The quantitative estimate of drug-likeness (QED) is 0.704. The Hall–Kier alpha value is -1.36. The van der Waals surface area contributed by atoms with E-state index in [2.05, 4.69) is 34.0 Å². The van der Waals surface area contributed by atoms with E-state index in [1.807, 2.05) is 6.92 Å². The largest absolute Gasteiger partial charge is 0.370 e. The van der Waals surface area contributed by atoms with Crippen molar-refractivity contribution in [1.82, 2.24) is 14.9 Å². The molecule has 0 spiro atoms. The van der Waals surface area contributed by atoms with Gasteiger partial charge in [0.15, 0.2) is 0 Å². The standard InChI is InChI=1S/C12H23N5/c1-4-17(5-2)8-6-7-14-11-10(3)9-15-12(13)16-11/h9H,4-8H2,1-3H3,(H3,13,14,15,16). The van der Waals surface area contributed by atoms with Crippen LogP contribution in [0.5, 0.6) is 0 Å². The molecule has 0 fully saturated rings. The van der Waals surface area contributed by atoms with Crippen LogP contribution in [0.3, 0.4) is 0 Å². The van der Waals surface area contributed by atoms with Crippen molar-refractivity contribution >= 4 is 11.8 Å². The number of aryl methyl sites for hydroxylation is 1. The highest BCUT2D eigenvalue weighted by Gasteiger charge is 2.02. The van der Waals surface area contributed by atoms with E-state index in [0.29, 0.717) is 5.95 Å². The van der Waals surface area contributed by atoms with Crippen molar-refractivity contribution in [2.45, 2.75) is 27.2 Å². The third kappa shape index (κ3) is 4.56. The number of anilines is 2. The lowest BCUT2D eigenvalue weighted by atomic mass is 10.3. The number of hydrogen-bond acceptors (Lipinski definition) is 5. The Morgan fingerprint density at radius 3 is 2.71 bits per heavy atom. The summed E-state index contributed by atoms with van der Waals surface area (Å²) >= 11 is 0. The third-order valence-electron chi connectivity index (χ3n) is 2.83. The second kappa shape index (κ2) is 7.06. The Kier molecular flexibility index (Phi) is 5.69. The summed E-state index contributed by atoms with van der Waals surface area (Å²) in [5.74, 6) is 1.17. The number of nitrogens with one attached hydrogen (secondary N) is 1. The molecule has 0 saturated carbocycles. The summed E-state index contributed by atoms with van der Waals surface area (Å²) in [5.41, 5.74) is 6.58. The van der Waals surface area contributed by atoms with Gasteiger partial charge in [-0.15, -0.1) is 0 Å². The molecule has 0 saturated heterocycles. The molecule has 3 N–H and O–H groups in total. The first-order valence-corrected chi connectivity index (χ1v) is 6.22. The molecular weight excluding hydrogens is 214 g/mol. The first-order valence-electron chi connectivity index (χ1n) is 6.22. The lowest BCUT2D eigenvalue weighted by molar-refractivity contribution is 0.303. The SMILES string of the molecule is CCN(CC)CCCNc1nc(N)ncc1C. The molecule has 5 heteroatoms. The van der Waals surface area contributed by atoms with E-state index in [-0.39, 0.29) is 0 Å². The molecule has 5 nitrogen and oxygen atoms in total. The van der Waals surface area contributed by atoms with Crippen molar-refractivity contribution in [2.24, 2.45) is 0 Å². The van der Waals surface area contributed by atoms with Crippen molar-refractivity contribution in [1.29, 1.82) is 0 Å². The summed E-state index contributed by atoms with van der Waals surface area (Å²) in [6.45, 7) is 10.6. The first-order chi connectivity index (χ1) is 8.17. The van der Waals surface area contributed by atoms with E-state index in [1.165, 1.54) is 0 Å². The van der Waals surface area contributed by atoms with Crippen LogP contribution in [0.15, 0.2) is 6.20 Å². The van der Waals surface area contributed by atoms with E-state index in [1.54, 1.807) is 6.20 Å². The lowest BCUT2D eigenvalue weighted by Crippen LogP contribution is -2.25. The number of nitrogens with two attached hydrogens (primary N) is 1. The fourth-order valence-corrected chi connectivity index (χ4v) is 1.68. The van der Waals surface area contributed by atoms with Crippen molar-refractivity contribution in [3.8, 4) is 0 Å². The van der Waals surface area contributed by atoms with Gasteiger partial charge >= 0.3 is 0 Å². The monoisotopic (exact) mass is 237 g/mol. The minimum atomic E-state index is 0.321. The van der Waals surface area contributed by atoms with Crippen molar-refractivity contribution in [2.75, 3.05) is 37.2 Å². The topological polar surface area (TPSA) is 67.1 Å². The van der Waals surface area contributed by atoms with Crippen LogP contribution < -0.4 is 11.1 Å². The molecule has 0 atom stereocenters. The van der Waals surface area contributed by atoms with Crippen LogP contribution in [0.1, 0.15) is 25.8 Å². The second-order valence-electron chi connectivity index (χ2n) is 4.07. The van der Waals surface area contributed by atoms with Gasteiger partial charge in [-0.3, -0.25) is 0 Å². The third-order valence-corrected chi connectivity index (χ3v) is 2.83. The van der Waals surface area contributed by atoms with Gasteiger partial charge in [-0.2, -0.15) is 4.98 Å². The minimum Gasteiger partial charge on any atom is -0.370 e. The summed E-state index contributed by atoms with van der Waals surface area (Å²) < 4.78 is 0. The fraction of sp³-hybridized carbons (Fsp3) is 0.667. The Labute approximate surface area is 103 Å². The number of nitrogens with zero attached hydrogens (tertiary/aromatic N) is 3. The Bertz CT molecular complexity index is 336. The molecule has 0 bridgehead atoms. The average Bonchev–Trinajstić information content (AvgIpc) is 2.33. The summed E-state index contributed by atoms with van der Waals surface area (Å²) in [6.07, 6.45) is 2.85. The van der Waals surface area contributed by atoms with Gasteiger partial charge in [0.05, 0.1) is 0 Å². The zero-order valence-corrected chi connectivity index (χ0v) is 11.0. The normalized spacial score (nSPS) is 10.8. The van der Waals surface area contributed by atoms with Crippen LogP contribution in [-0.2, 0) is 0 Å². The van der Waals surface area contributed by atoms with Crippen LogP contribution >= 0.6 is 0 Å². The van der Waals surface area contributed by atoms with Crippen molar-refractivity contribution < 1.29 is 0 Å². The van der Waals surface area contributed by atoms with Gasteiger partial charge in [0.2, 0.25) is 5.95 Å². The van der Waals surface area contributed by atoms with Crippen LogP contribution in [0.2, 0.25) is 0 Å². The molecular formula is C12H23N5. The molecule has 0 aliphatic heterocycles. The van der Waals surface area contributed by atoms with Crippen LogP contribution in [-0.4, -0.2) is 41.0 Å². The highest BCUT2D eigenvalue weighted by molar-refractivity contribution is 5.44. The molecule has 0 radical (unpaired) electrons. The van der Waals surface area contributed by atoms with E-state index in [9.17, 15) is 0 Å². The molecule has 0 aliphatic carbocycles. The average molecular weight is 237 g/mol. The summed E-state index contributed by atoms with van der Waals surface area (Å²) in [6, 6.07) is 0. The van der Waals surface area contributed by atoms with Crippen molar-refractivity contribution in [3.63, 3.8) is 0 Å². The summed E-state index contributed by atoms with van der Waals surface area (Å²) in [7, 11) is 0. The Morgan fingerprint density at radius 2 is 2.06 bits per heavy atom. The van der Waals surface area contributed by atoms with E-state index >= 15 is 0 Å². The molecule has 1 heterocycles. The molecule has 1 aromatic heterocycles. The predicted octanol–water partition coefficient (Wildman–Crippen LogP) is 1.51. The highest BCUT2D eigenvalue weighted by Crippen LogP contribution is 2.10. The zero-order valence-electron chi connectivity index (χ0n) is 11.0. The predicted molar refractivity (Wildman–Crippen MR) is 72.1 cm³/mol. The Balaban J connectivity index is 2.33. The minimum absolute atomic E-state index is 0.321. The maximum Gasteiger partial charge on any atom is 0.221 e. The van der Waals surface area contributed by atoms with Gasteiger partial charge in [-0.25, -0.2) is 4.98 Å². The molecule has 0 amide bonds. The first kappa shape index (κ1) is 13.7. The van der Waals surface area contributed by atoms with E-state index in [4.69, 9.17) is 5.73 Å². The van der Waals surface area contributed by atoms with Gasteiger partial charge in [-0.1, -0.05) is 13.8 Å². The maximum atomic E-state index is 5.55. The van der Waals surface area contributed by atoms with E-state index in [0.717, 1.165) is 44.0 Å². The molecule has 96 valence electrons. The number of rotatable bonds is 7. The molecule has 1 aromatic rings. The maximum absolute atomic E-state index is 5.55. The molecule has 0 aliphatic rings. The summed E-state index contributed by atoms with van der Waals surface area (Å²) in [4.78, 5) is 10.5. The number of nitrogen functional groups attached to an aromatic ring is 1. The van der Waals surface area contributed by atoms with E-state index < -0.39 is 0 Å². The zero-order chi connectivity index (χ0) is 12.7. The van der Waals surface area contributed by atoms with Gasteiger partial charge in [0.25, 0.3) is 0 Å². The van der Waals surface area contributed by atoms with Crippen LogP contribution in [0.4, 0.5) is 11.8 Å². The molecule has 1 rings (SSSR count). The van der Waals surface area contributed by atoms with Gasteiger partial charge in [0.1, 0.15) is 5.82 Å². The van der Waals surface area contributed by atoms with Crippen LogP contribution in [0, 0.1) is 6.92 Å². The summed E-state index contributed by atoms with van der Waals surface area (Å²) in [5, 5.41) is 3.30. The lowest BCUT2D eigenvalue weighted by Gasteiger charge is -2.18. The molecule has 17 heavy (non-hydrogen) atoms. The fourth-order valence-electron chi connectivity index (χ4n) is 1.68.